The van der Waals surface area contributed by atoms with E-state index in [1.807, 2.05) is 12.1 Å². The van der Waals surface area contributed by atoms with E-state index in [0.717, 1.165) is 27.1 Å². The molecule has 0 saturated heterocycles. The van der Waals surface area contributed by atoms with Crippen LogP contribution in [0.5, 0.6) is 0 Å². The van der Waals surface area contributed by atoms with Gasteiger partial charge in [0.2, 0.25) is 0 Å². The van der Waals surface area contributed by atoms with Crippen LogP contribution in [0.2, 0.25) is 0 Å². The van der Waals surface area contributed by atoms with Crippen LogP contribution in [0.25, 0.3) is 10.1 Å². The van der Waals surface area contributed by atoms with Crippen LogP contribution in [0.4, 0.5) is 5.69 Å². The van der Waals surface area contributed by atoms with Crippen LogP contribution < -0.4 is 5.73 Å². The molecule has 0 saturated carbocycles. The molecule has 0 aliphatic heterocycles. The number of nitriles is 1. The van der Waals surface area contributed by atoms with E-state index >= 15 is 0 Å². The second-order valence-corrected chi connectivity index (χ2v) is 4.23. The van der Waals surface area contributed by atoms with Crippen LogP contribution in [0.1, 0.15) is 17.4 Å². The molecular weight excluding hydrogens is 192 g/mol. The highest BCUT2D eigenvalue weighted by Crippen LogP contribution is 2.31. The highest BCUT2D eigenvalue weighted by molar-refractivity contribution is 7.20. The number of nitrogens with zero attached hydrogens (tertiary/aromatic N) is 1. The minimum atomic E-state index is 0.722. The van der Waals surface area contributed by atoms with Gasteiger partial charge < -0.3 is 5.73 Å². The van der Waals surface area contributed by atoms with Crippen molar-refractivity contribution in [3.8, 4) is 6.07 Å². The molecule has 3 heteroatoms. The summed E-state index contributed by atoms with van der Waals surface area (Å²) in [4.78, 5) is 0.722. The van der Waals surface area contributed by atoms with Gasteiger partial charge in [0, 0.05) is 5.69 Å². The number of benzene rings is 1. The zero-order valence-electron chi connectivity index (χ0n) is 7.87. The quantitative estimate of drug-likeness (QED) is 0.723. The molecule has 0 aliphatic carbocycles. The fourth-order valence-corrected chi connectivity index (χ4v) is 2.37. The molecule has 0 bridgehead atoms. The number of thiophene rings is 1. The zero-order valence-corrected chi connectivity index (χ0v) is 8.69. The maximum absolute atomic E-state index is 8.78. The number of hydrogen-bond donors (Lipinski definition) is 1. The minimum Gasteiger partial charge on any atom is -0.398 e. The van der Waals surface area contributed by atoms with Crippen LogP contribution >= 0.6 is 11.3 Å². The van der Waals surface area contributed by atoms with Gasteiger partial charge in [-0.1, -0.05) is 13.0 Å². The normalized spacial score (nSPS) is 10.3. The average molecular weight is 202 g/mol. The predicted molar refractivity (Wildman–Crippen MR) is 60.3 cm³/mol. The molecule has 0 spiro atoms. The fourth-order valence-electron chi connectivity index (χ4n) is 1.50. The van der Waals surface area contributed by atoms with Gasteiger partial charge in [0.1, 0.15) is 10.9 Å². The second-order valence-electron chi connectivity index (χ2n) is 3.18. The third-order valence-electron chi connectivity index (χ3n) is 2.22. The molecule has 0 amide bonds. The Bertz CT molecular complexity index is 520. The van der Waals surface area contributed by atoms with E-state index < -0.39 is 0 Å². The van der Waals surface area contributed by atoms with Crippen LogP contribution in [0, 0.1) is 11.3 Å². The van der Waals surface area contributed by atoms with Gasteiger partial charge in [-0.2, -0.15) is 5.26 Å². The van der Waals surface area contributed by atoms with Crippen molar-refractivity contribution in [2.45, 2.75) is 13.3 Å². The molecule has 2 nitrogen and oxygen atoms in total. The van der Waals surface area contributed by atoms with Crippen molar-refractivity contribution >= 4 is 27.1 Å². The average Bonchev–Trinajstić information content (AvgIpc) is 2.61. The summed E-state index contributed by atoms with van der Waals surface area (Å²) in [7, 11) is 0. The molecule has 0 unspecified atom stereocenters. The third-order valence-corrected chi connectivity index (χ3v) is 3.33. The standard InChI is InChI=1S/C11H10N2S/c1-2-7-3-8-5-9(6-12)14-11(8)10(13)4-7/h3-5H,2,13H2,1H3. The Morgan fingerprint density at radius 1 is 1.43 bits per heavy atom. The number of nitrogen functional groups attached to an aromatic ring is 1. The number of fused-ring (bicyclic) bond motifs is 1. The van der Waals surface area contributed by atoms with Crippen molar-refractivity contribution in [3.05, 3.63) is 28.6 Å². The maximum Gasteiger partial charge on any atom is 0.110 e. The van der Waals surface area contributed by atoms with Crippen LogP contribution in [-0.2, 0) is 6.42 Å². The number of nitrogens with two attached hydrogens (primary N) is 1. The molecule has 2 rings (SSSR count). The van der Waals surface area contributed by atoms with Gasteiger partial charge in [-0.3, -0.25) is 0 Å². The maximum atomic E-state index is 8.78. The van der Waals surface area contributed by atoms with Gasteiger partial charge in [-0.15, -0.1) is 11.3 Å². The molecule has 0 fully saturated rings. The van der Waals surface area contributed by atoms with Crippen LogP contribution in [0.3, 0.4) is 0 Å². The highest BCUT2D eigenvalue weighted by atomic mass is 32.1. The van der Waals surface area contributed by atoms with E-state index in [1.54, 1.807) is 0 Å². The summed E-state index contributed by atoms with van der Waals surface area (Å²) < 4.78 is 1.03. The Morgan fingerprint density at radius 2 is 2.21 bits per heavy atom. The number of anilines is 1. The summed E-state index contributed by atoms with van der Waals surface area (Å²) in [5.41, 5.74) is 7.90. The van der Waals surface area contributed by atoms with E-state index in [0.29, 0.717) is 0 Å². The summed E-state index contributed by atoms with van der Waals surface area (Å²) in [6.45, 7) is 2.10. The summed E-state index contributed by atoms with van der Waals surface area (Å²) in [6, 6.07) is 8.13. The van der Waals surface area contributed by atoms with Gasteiger partial charge >= 0.3 is 0 Å². The van der Waals surface area contributed by atoms with E-state index in [1.165, 1.54) is 16.9 Å². The van der Waals surface area contributed by atoms with Crippen LogP contribution in [-0.4, -0.2) is 0 Å². The smallest absolute Gasteiger partial charge is 0.110 e. The highest BCUT2D eigenvalue weighted by Gasteiger charge is 2.05. The van der Waals surface area contributed by atoms with Crippen molar-refractivity contribution in [2.24, 2.45) is 0 Å². The first-order valence-corrected chi connectivity index (χ1v) is 5.28. The Labute approximate surface area is 86.6 Å². The molecule has 0 radical (unpaired) electrons. The monoisotopic (exact) mass is 202 g/mol. The van der Waals surface area contributed by atoms with Crippen molar-refractivity contribution in [2.75, 3.05) is 5.73 Å². The molecule has 1 aromatic carbocycles. The van der Waals surface area contributed by atoms with E-state index in [2.05, 4.69) is 19.1 Å². The van der Waals surface area contributed by atoms with Gasteiger partial charge in [-0.05, 0) is 29.5 Å². The summed E-state index contributed by atoms with van der Waals surface area (Å²) in [6.07, 6.45) is 0.970. The lowest BCUT2D eigenvalue weighted by molar-refractivity contribution is 1.15. The molecule has 1 heterocycles. The van der Waals surface area contributed by atoms with Gasteiger partial charge in [0.05, 0.1) is 4.70 Å². The molecular formula is C11H10N2S. The van der Waals surface area contributed by atoms with E-state index in [-0.39, 0.29) is 0 Å². The first-order chi connectivity index (χ1) is 6.74. The Hall–Kier alpha value is -1.53. The lowest BCUT2D eigenvalue weighted by atomic mass is 10.1. The molecule has 0 aliphatic rings. The first-order valence-electron chi connectivity index (χ1n) is 4.46. The Balaban J connectivity index is 2.75. The van der Waals surface area contributed by atoms with Gasteiger partial charge in [0.15, 0.2) is 0 Å². The van der Waals surface area contributed by atoms with Crippen molar-refractivity contribution in [1.82, 2.24) is 0 Å². The minimum absolute atomic E-state index is 0.722. The van der Waals surface area contributed by atoms with E-state index in [4.69, 9.17) is 11.0 Å². The zero-order chi connectivity index (χ0) is 10.1. The third kappa shape index (κ3) is 1.34. The second kappa shape index (κ2) is 3.32. The lowest BCUT2D eigenvalue weighted by Gasteiger charge is -2.00. The molecule has 14 heavy (non-hydrogen) atoms. The molecule has 1 aromatic heterocycles. The summed E-state index contributed by atoms with van der Waals surface area (Å²) >= 11 is 1.46. The van der Waals surface area contributed by atoms with Crippen LogP contribution in [0.15, 0.2) is 18.2 Å². The van der Waals surface area contributed by atoms with E-state index in [9.17, 15) is 0 Å². The first kappa shape index (κ1) is 9.04. The summed E-state index contributed by atoms with van der Waals surface area (Å²) in [5, 5.41) is 9.86. The van der Waals surface area contributed by atoms with Crippen molar-refractivity contribution < 1.29 is 0 Å². The fraction of sp³-hybridized carbons (Fsp3) is 0.182. The number of aryl methyl sites for hydroxylation is 1. The van der Waals surface area contributed by atoms with Crippen molar-refractivity contribution in [1.29, 1.82) is 5.26 Å². The molecule has 0 atom stereocenters. The topological polar surface area (TPSA) is 49.8 Å². The summed E-state index contributed by atoms with van der Waals surface area (Å²) in [5.74, 6) is 0. The number of hydrogen-bond acceptors (Lipinski definition) is 3. The lowest BCUT2D eigenvalue weighted by Crippen LogP contribution is -1.87. The Morgan fingerprint density at radius 3 is 2.86 bits per heavy atom. The predicted octanol–water partition coefficient (Wildman–Crippen LogP) is 2.92. The SMILES string of the molecule is CCc1cc(N)c2sc(C#N)cc2c1. The van der Waals surface area contributed by atoms with Gasteiger partial charge in [-0.25, -0.2) is 0 Å². The largest absolute Gasteiger partial charge is 0.398 e. The molecule has 2 N–H and O–H groups in total. The van der Waals surface area contributed by atoms with Gasteiger partial charge in [0.25, 0.3) is 0 Å². The Kier molecular flexibility index (Phi) is 2.14. The number of rotatable bonds is 1. The molecule has 2 aromatic rings. The molecule has 70 valence electrons. The van der Waals surface area contributed by atoms with Crippen molar-refractivity contribution in [3.63, 3.8) is 0 Å².